The SMILES string of the molecule is CN(C)S(=O)(=O)NCC(=O)N/N=C\c1ccc(Br)cc1. The van der Waals surface area contributed by atoms with Crippen LogP contribution in [0.5, 0.6) is 0 Å². The molecule has 0 fully saturated rings. The number of hydrazone groups is 1. The lowest BCUT2D eigenvalue weighted by molar-refractivity contribution is -0.119. The third-order valence-electron chi connectivity index (χ3n) is 2.17. The van der Waals surface area contributed by atoms with Gasteiger partial charge in [0.15, 0.2) is 0 Å². The fourth-order valence-corrected chi connectivity index (χ4v) is 1.89. The van der Waals surface area contributed by atoms with Crippen LogP contribution in [0.4, 0.5) is 0 Å². The predicted octanol–water partition coefficient (Wildman–Crippen LogP) is 0.295. The summed E-state index contributed by atoms with van der Waals surface area (Å²) in [5.41, 5.74) is 3.04. The highest BCUT2D eigenvalue weighted by Crippen LogP contribution is 2.08. The quantitative estimate of drug-likeness (QED) is 0.563. The molecule has 0 aliphatic heterocycles. The number of benzene rings is 1. The van der Waals surface area contributed by atoms with E-state index in [9.17, 15) is 13.2 Å². The molecule has 0 saturated carbocycles. The molecule has 7 nitrogen and oxygen atoms in total. The van der Waals surface area contributed by atoms with Crippen molar-refractivity contribution in [3.63, 3.8) is 0 Å². The van der Waals surface area contributed by atoms with E-state index in [1.165, 1.54) is 20.3 Å². The van der Waals surface area contributed by atoms with Crippen LogP contribution in [-0.4, -0.2) is 45.5 Å². The van der Waals surface area contributed by atoms with Crippen LogP contribution in [0, 0.1) is 0 Å². The summed E-state index contributed by atoms with van der Waals surface area (Å²) in [6.45, 7) is -0.377. The summed E-state index contributed by atoms with van der Waals surface area (Å²) in [7, 11) is -0.876. The molecule has 0 aromatic heterocycles. The van der Waals surface area contributed by atoms with Gasteiger partial charge in [-0.25, -0.2) is 5.43 Å². The van der Waals surface area contributed by atoms with Gasteiger partial charge < -0.3 is 0 Å². The first-order valence-corrected chi connectivity index (χ1v) is 7.79. The van der Waals surface area contributed by atoms with Gasteiger partial charge in [0.1, 0.15) is 0 Å². The van der Waals surface area contributed by atoms with E-state index in [-0.39, 0.29) is 6.54 Å². The lowest BCUT2D eigenvalue weighted by atomic mass is 10.2. The summed E-state index contributed by atoms with van der Waals surface area (Å²) >= 11 is 3.30. The number of amides is 1. The van der Waals surface area contributed by atoms with Gasteiger partial charge in [0.25, 0.3) is 16.1 Å². The Morgan fingerprint density at radius 3 is 2.50 bits per heavy atom. The standard InChI is InChI=1S/C11H15BrN4O3S/c1-16(2)20(18,19)14-8-11(17)15-13-7-9-3-5-10(12)6-4-9/h3-7,14H,8H2,1-2H3,(H,15,17)/b13-7-. The molecule has 0 bridgehead atoms. The average Bonchev–Trinajstić information content (AvgIpc) is 2.39. The fourth-order valence-electron chi connectivity index (χ4n) is 1.05. The highest BCUT2D eigenvalue weighted by atomic mass is 79.9. The van der Waals surface area contributed by atoms with Crippen molar-refractivity contribution in [3.05, 3.63) is 34.3 Å². The van der Waals surface area contributed by atoms with Gasteiger partial charge in [0.2, 0.25) is 0 Å². The Labute approximate surface area is 126 Å². The van der Waals surface area contributed by atoms with Crippen molar-refractivity contribution in [2.24, 2.45) is 5.10 Å². The first kappa shape index (κ1) is 16.8. The van der Waals surface area contributed by atoms with E-state index in [1.807, 2.05) is 24.3 Å². The predicted molar refractivity (Wildman–Crippen MR) is 80.5 cm³/mol. The maximum atomic E-state index is 11.4. The number of nitrogens with zero attached hydrogens (tertiary/aromatic N) is 2. The number of hydrogen-bond donors (Lipinski definition) is 2. The zero-order valence-electron chi connectivity index (χ0n) is 11.0. The highest BCUT2D eigenvalue weighted by molar-refractivity contribution is 9.10. The van der Waals surface area contributed by atoms with E-state index < -0.39 is 16.1 Å². The Morgan fingerprint density at radius 1 is 1.35 bits per heavy atom. The molecule has 0 saturated heterocycles. The van der Waals surface area contributed by atoms with Crippen LogP contribution in [0.1, 0.15) is 5.56 Å². The molecular formula is C11H15BrN4O3S. The maximum absolute atomic E-state index is 11.4. The van der Waals surface area contributed by atoms with Gasteiger partial charge in [-0.3, -0.25) is 4.79 Å². The summed E-state index contributed by atoms with van der Waals surface area (Å²) in [6.07, 6.45) is 1.46. The molecule has 9 heteroatoms. The molecule has 0 heterocycles. The normalized spacial score (nSPS) is 12.0. The topological polar surface area (TPSA) is 90.9 Å². The summed E-state index contributed by atoms with van der Waals surface area (Å²) in [5, 5.41) is 3.73. The molecule has 0 atom stereocenters. The largest absolute Gasteiger partial charge is 0.279 e. The van der Waals surface area contributed by atoms with Crippen molar-refractivity contribution in [2.45, 2.75) is 0 Å². The molecule has 2 N–H and O–H groups in total. The third kappa shape index (κ3) is 5.78. The van der Waals surface area contributed by atoms with Crippen LogP contribution >= 0.6 is 15.9 Å². The van der Waals surface area contributed by atoms with Gasteiger partial charge >= 0.3 is 0 Å². The van der Waals surface area contributed by atoms with Gasteiger partial charge in [-0.15, -0.1) is 0 Å². The average molecular weight is 363 g/mol. The van der Waals surface area contributed by atoms with E-state index >= 15 is 0 Å². The van der Waals surface area contributed by atoms with Crippen LogP contribution in [-0.2, 0) is 15.0 Å². The van der Waals surface area contributed by atoms with E-state index in [2.05, 4.69) is 31.2 Å². The van der Waals surface area contributed by atoms with E-state index in [4.69, 9.17) is 0 Å². The lowest BCUT2D eigenvalue weighted by Gasteiger charge is -2.11. The van der Waals surface area contributed by atoms with Crippen LogP contribution in [0.3, 0.4) is 0 Å². The van der Waals surface area contributed by atoms with E-state index in [0.29, 0.717) is 0 Å². The van der Waals surface area contributed by atoms with Crippen LogP contribution < -0.4 is 10.1 Å². The monoisotopic (exact) mass is 362 g/mol. The third-order valence-corrected chi connectivity index (χ3v) is 4.17. The first-order chi connectivity index (χ1) is 9.31. The number of carbonyl (C=O) groups is 1. The van der Waals surface area contributed by atoms with Crippen molar-refractivity contribution in [2.75, 3.05) is 20.6 Å². The molecule has 1 aromatic rings. The Hall–Kier alpha value is -1.29. The molecule has 110 valence electrons. The minimum atomic E-state index is -3.61. The van der Waals surface area contributed by atoms with E-state index in [0.717, 1.165) is 14.3 Å². The molecular weight excluding hydrogens is 348 g/mol. The molecule has 1 rings (SSSR count). The Bertz CT molecular complexity index is 584. The smallest absolute Gasteiger partial charge is 0.272 e. The molecule has 1 aromatic carbocycles. The number of rotatable bonds is 6. The van der Waals surface area contributed by atoms with Crippen molar-refractivity contribution >= 4 is 38.3 Å². The van der Waals surface area contributed by atoms with Gasteiger partial charge in [-0.1, -0.05) is 28.1 Å². The van der Waals surface area contributed by atoms with Crippen LogP contribution in [0.25, 0.3) is 0 Å². The van der Waals surface area contributed by atoms with E-state index in [1.54, 1.807) is 0 Å². The maximum Gasteiger partial charge on any atom is 0.279 e. The molecule has 20 heavy (non-hydrogen) atoms. The zero-order chi connectivity index (χ0) is 15.2. The summed E-state index contributed by atoms with van der Waals surface area (Å²) < 4.78 is 26.7. The van der Waals surface area contributed by atoms with Gasteiger partial charge in [0.05, 0.1) is 12.8 Å². The molecule has 0 aliphatic carbocycles. The number of hydrogen-bond acceptors (Lipinski definition) is 4. The van der Waals surface area contributed by atoms with Gasteiger partial charge in [0, 0.05) is 18.6 Å². The molecule has 0 aliphatic rings. The number of halogens is 1. The zero-order valence-corrected chi connectivity index (χ0v) is 13.4. The second-order valence-electron chi connectivity index (χ2n) is 3.95. The van der Waals surface area contributed by atoms with Crippen molar-refractivity contribution in [1.82, 2.24) is 14.5 Å². The Balaban J connectivity index is 2.42. The number of carbonyl (C=O) groups excluding carboxylic acids is 1. The summed E-state index contributed by atoms with van der Waals surface area (Å²) in [6, 6.07) is 7.31. The molecule has 0 spiro atoms. The first-order valence-electron chi connectivity index (χ1n) is 5.56. The van der Waals surface area contributed by atoms with Gasteiger partial charge in [-0.2, -0.15) is 22.5 Å². The van der Waals surface area contributed by atoms with Crippen LogP contribution in [0.2, 0.25) is 0 Å². The van der Waals surface area contributed by atoms with Crippen molar-refractivity contribution in [1.29, 1.82) is 0 Å². The number of nitrogens with one attached hydrogen (secondary N) is 2. The second-order valence-corrected chi connectivity index (χ2v) is 6.84. The highest BCUT2D eigenvalue weighted by Gasteiger charge is 2.13. The lowest BCUT2D eigenvalue weighted by Crippen LogP contribution is -2.41. The van der Waals surface area contributed by atoms with Crippen LogP contribution in [0.15, 0.2) is 33.8 Å². The second kappa shape index (κ2) is 7.48. The Kier molecular flexibility index (Phi) is 6.27. The van der Waals surface area contributed by atoms with Crippen molar-refractivity contribution in [3.8, 4) is 0 Å². The summed E-state index contributed by atoms with van der Waals surface area (Å²) in [4.78, 5) is 11.4. The summed E-state index contributed by atoms with van der Waals surface area (Å²) in [5.74, 6) is -0.552. The molecule has 1 amide bonds. The molecule has 0 radical (unpaired) electrons. The van der Waals surface area contributed by atoms with Gasteiger partial charge in [-0.05, 0) is 17.7 Å². The fraction of sp³-hybridized carbons (Fsp3) is 0.273. The molecule has 0 unspecified atom stereocenters. The minimum absolute atomic E-state index is 0.377. The Morgan fingerprint density at radius 2 is 1.95 bits per heavy atom. The minimum Gasteiger partial charge on any atom is -0.272 e. The van der Waals surface area contributed by atoms with Crippen molar-refractivity contribution < 1.29 is 13.2 Å².